The Morgan fingerprint density at radius 3 is 2.96 bits per heavy atom. The van der Waals surface area contributed by atoms with Crippen LogP contribution in [0.1, 0.15) is 49.7 Å². The molecule has 6 heteroatoms. The zero-order chi connectivity index (χ0) is 17.4. The summed E-state index contributed by atoms with van der Waals surface area (Å²) in [6.45, 7) is 6.71. The van der Waals surface area contributed by atoms with Crippen molar-refractivity contribution in [2.45, 2.75) is 64.6 Å². The number of nitrogens with one attached hydrogen (secondary N) is 1. The van der Waals surface area contributed by atoms with Crippen LogP contribution in [0.3, 0.4) is 0 Å². The molecular weight excluding hydrogens is 332 g/mol. The van der Waals surface area contributed by atoms with E-state index >= 15 is 0 Å². The Hall–Kier alpha value is -1.14. The van der Waals surface area contributed by atoms with Crippen LogP contribution in [0.15, 0.2) is 10.4 Å². The van der Waals surface area contributed by atoms with Crippen LogP contribution in [0, 0.1) is 18.3 Å². The van der Waals surface area contributed by atoms with Crippen molar-refractivity contribution in [1.82, 2.24) is 15.2 Å². The Morgan fingerprint density at radius 2 is 2.28 bits per heavy atom. The number of ether oxygens (including phenoxy) is 1. The first-order valence-electron chi connectivity index (χ1n) is 9.69. The summed E-state index contributed by atoms with van der Waals surface area (Å²) < 4.78 is 6.12. The highest BCUT2D eigenvalue weighted by Gasteiger charge is 2.65. The molecular formula is C19H30N4OS. The minimum absolute atomic E-state index is 0.355. The molecule has 1 aromatic rings. The number of hydrogen-bond acceptors (Lipinski definition) is 4. The van der Waals surface area contributed by atoms with E-state index in [-0.39, 0.29) is 0 Å². The highest BCUT2D eigenvalue weighted by Crippen LogP contribution is 2.60. The second-order valence-corrected chi connectivity index (χ2v) is 8.88. The minimum atomic E-state index is 0.355. The van der Waals surface area contributed by atoms with Crippen molar-refractivity contribution in [1.29, 1.82) is 0 Å². The standard InChI is InChI=1S/C19H30N4OS/c1-4-20-18(23(3)11-14-12-25-13(2)21-14)22-16-15-7-10-24-17(15)19(16)8-5-6-9-19/h12,15-17H,4-11H2,1-3H3,(H,20,22). The fraction of sp³-hybridized carbons (Fsp3) is 0.789. The summed E-state index contributed by atoms with van der Waals surface area (Å²) in [7, 11) is 2.12. The molecule has 1 saturated heterocycles. The van der Waals surface area contributed by atoms with Crippen LogP contribution in [0.4, 0.5) is 0 Å². The summed E-state index contributed by atoms with van der Waals surface area (Å²) in [6.07, 6.45) is 6.98. The number of aliphatic imine (C=N–C) groups is 1. The molecule has 3 aliphatic rings. The molecule has 1 aromatic heterocycles. The lowest BCUT2D eigenvalue weighted by molar-refractivity contribution is -0.125. The van der Waals surface area contributed by atoms with Gasteiger partial charge in [-0.1, -0.05) is 12.8 Å². The first kappa shape index (κ1) is 17.3. The largest absolute Gasteiger partial charge is 0.377 e. The molecule has 1 aliphatic heterocycles. The van der Waals surface area contributed by atoms with Crippen molar-refractivity contribution in [2.24, 2.45) is 16.3 Å². The Balaban J connectivity index is 1.48. The molecule has 4 rings (SSSR count). The minimum Gasteiger partial charge on any atom is -0.377 e. The fourth-order valence-corrected chi connectivity index (χ4v) is 5.87. The Morgan fingerprint density at radius 1 is 1.48 bits per heavy atom. The fourth-order valence-electron chi connectivity index (χ4n) is 5.27. The van der Waals surface area contributed by atoms with Crippen molar-refractivity contribution in [3.05, 3.63) is 16.1 Å². The van der Waals surface area contributed by atoms with E-state index < -0.39 is 0 Å². The lowest BCUT2D eigenvalue weighted by Gasteiger charge is -2.57. The van der Waals surface area contributed by atoms with Crippen LogP contribution in [-0.2, 0) is 11.3 Å². The number of nitrogens with zero attached hydrogens (tertiary/aromatic N) is 3. The number of aryl methyl sites for hydroxylation is 1. The van der Waals surface area contributed by atoms with Crippen molar-refractivity contribution in [3.63, 3.8) is 0 Å². The Labute approximate surface area is 154 Å². The van der Waals surface area contributed by atoms with E-state index in [0.29, 0.717) is 23.5 Å². The van der Waals surface area contributed by atoms with Gasteiger partial charge in [-0.15, -0.1) is 11.3 Å². The molecule has 0 radical (unpaired) electrons. The van der Waals surface area contributed by atoms with Gasteiger partial charge in [-0.25, -0.2) is 4.98 Å². The third kappa shape index (κ3) is 2.97. The maximum atomic E-state index is 6.12. The number of thiazole rings is 1. The van der Waals surface area contributed by atoms with Crippen LogP contribution < -0.4 is 5.32 Å². The summed E-state index contributed by atoms with van der Waals surface area (Å²) in [4.78, 5) is 11.6. The van der Waals surface area contributed by atoms with Crippen LogP contribution in [0.5, 0.6) is 0 Å². The summed E-state index contributed by atoms with van der Waals surface area (Å²) >= 11 is 1.71. The molecule has 138 valence electrons. The molecule has 3 atom stereocenters. The molecule has 3 fully saturated rings. The second kappa shape index (κ2) is 6.88. The third-order valence-electron chi connectivity index (χ3n) is 6.31. The maximum Gasteiger partial charge on any atom is 0.194 e. The average molecular weight is 363 g/mol. The predicted octanol–water partition coefficient (Wildman–Crippen LogP) is 3.20. The van der Waals surface area contributed by atoms with E-state index in [9.17, 15) is 0 Å². The van der Waals surface area contributed by atoms with E-state index in [0.717, 1.165) is 36.4 Å². The molecule has 3 unspecified atom stereocenters. The van der Waals surface area contributed by atoms with Crippen molar-refractivity contribution in [2.75, 3.05) is 20.2 Å². The van der Waals surface area contributed by atoms with E-state index in [1.54, 1.807) is 11.3 Å². The lowest BCUT2D eigenvalue weighted by atomic mass is 9.54. The molecule has 1 spiro atoms. The number of fused-ring (bicyclic) bond motifs is 2. The predicted molar refractivity (Wildman–Crippen MR) is 102 cm³/mol. The van der Waals surface area contributed by atoms with Gasteiger partial charge in [-0.05, 0) is 33.1 Å². The Bertz CT molecular complexity index is 637. The van der Waals surface area contributed by atoms with Gasteiger partial charge in [0.05, 0.1) is 23.4 Å². The first-order valence-corrected chi connectivity index (χ1v) is 10.6. The number of guanidine groups is 1. The summed E-state index contributed by atoms with van der Waals surface area (Å²) in [5.41, 5.74) is 1.48. The zero-order valence-corrected chi connectivity index (χ0v) is 16.4. The molecule has 5 nitrogen and oxygen atoms in total. The topological polar surface area (TPSA) is 49.8 Å². The van der Waals surface area contributed by atoms with Crippen molar-refractivity contribution < 1.29 is 4.74 Å². The van der Waals surface area contributed by atoms with E-state index in [1.165, 1.54) is 32.1 Å². The average Bonchev–Trinajstić information content (AvgIpc) is 3.31. The van der Waals surface area contributed by atoms with Gasteiger partial charge in [0.25, 0.3) is 0 Å². The van der Waals surface area contributed by atoms with Gasteiger partial charge in [0.15, 0.2) is 5.96 Å². The molecule has 2 saturated carbocycles. The van der Waals surface area contributed by atoms with Gasteiger partial charge in [-0.3, -0.25) is 4.99 Å². The highest BCUT2D eigenvalue weighted by molar-refractivity contribution is 7.09. The molecule has 0 amide bonds. The summed E-state index contributed by atoms with van der Waals surface area (Å²) in [6, 6.07) is 0.521. The second-order valence-electron chi connectivity index (χ2n) is 7.82. The summed E-state index contributed by atoms with van der Waals surface area (Å²) in [5.74, 6) is 1.69. The van der Waals surface area contributed by atoms with E-state index in [2.05, 4.69) is 41.5 Å². The quantitative estimate of drug-likeness (QED) is 0.660. The van der Waals surface area contributed by atoms with E-state index in [4.69, 9.17) is 9.73 Å². The van der Waals surface area contributed by atoms with Crippen molar-refractivity contribution in [3.8, 4) is 0 Å². The molecule has 25 heavy (non-hydrogen) atoms. The zero-order valence-electron chi connectivity index (χ0n) is 15.6. The first-order chi connectivity index (χ1) is 12.1. The van der Waals surface area contributed by atoms with Gasteiger partial charge in [0.2, 0.25) is 0 Å². The SMILES string of the molecule is CCN=C(NC1C2CCOC2C12CCCC2)N(C)Cc1csc(C)n1. The van der Waals surface area contributed by atoms with Gasteiger partial charge in [0.1, 0.15) is 0 Å². The third-order valence-corrected chi connectivity index (χ3v) is 7.13. The van der Waals surface area contributed by atoms with Gasteiger partial charge in [0, 0.05) is 43.0 Å². The maximum absolute atomic E-state index is 6.12. The molecule has 2 aliphatic carbocycles. The van der Waals surface area contributed by atoms with Crippen LogP contribution in [0.2, 0.25) is 0 Å². The smallest absolute Gasteiger partial charge is 0.194 e. The van der Waals surface area contributed by atoms with Crippen LogP contribution >= 0.6 is 11.3 Å². The normalized spacial score (nSPS) is 30.4. The van der Waals surface area contributed by atoms with Gasteiger partial charge in [-0.2, -0.15) is 0 Å². The highest BCUT2D eigenvalue weighted by atomic mass is 32.1. The number of aromatic nitrogens is 1. The molecule has 2 heterocycles. The summed E-state index contributed by atoms with van der Waals surface area (Å²) in [5, 5.41) is 7.13. The Kier molecular flexibility index (Phi) is 4.75. The lowest BCUT2D eigenvalue weighted by Crippen LogP contribution is -2.69. The monoisotopic (exact) mass is 362 g/mol. The number of rotatable bonds is 4. The van der Waals surface area contributed by atoms with Gasteiger partial charge < -0.3 is 15.0 Å². The molecule has 1 N–H and O–H groups in total. The van der Waals surface area contributed by atoms with Crippen LogP contribution in [-0.4, -0.2) is 48.2 Å². The van der Waals surface area contributed by atoms with Crippen LogP contribution in [0.25, 0.3) is 0 Å². The number of hydrogen-bond donors (Lipinski definition) is 1. The van der Waals surface area contributed by atoms with E-state index in [1.807, 2.05) is 0 Å². The van der Waals surface area contributed by atoms with Gasteiger partial charge >= 0.3 is 0 Å². The molecule has 0 bridgehead atoms. The molecule has 0 aromatic carbocycles. The van der Waals surface area contributed by atoms with Crippen molar-refractivity contribution >= 4 is 17.3 Å².